The van der Waals surface area contributed by atoms with Crippen molar-refractivity contribution in [3.05, 3.63) is 65.2 Å². The van der Waals surface area contributed by atoms with Crippen LogP contribution in [-0.2, 0) is 17.8 Å². The fourth-order valence-electron chi connectivity index (χ4n) is 2.97. The maximum Gasteiger partial charge on any atom is 0.309 e. The van der Waals surface area contributed by atoms with Crippen LogP contribution in [0.1, 0.15) is 21.7 Å². The number of rotatable bonds is 5. The van der Waals surface area contributed by atoms with Gasteiger partial charge >= 0.3 is 5.97 Å². The first-order chi connectivity index (χ1) is 12.5. The molecule has 1 fully saturated rings. The van der Waals surface area contributed by atoms with Crippen LogP contribution < -0.4 is 0 Å². The Morgan fingerprint density at radius 1 is 1.04 bits per heavy atom. The molecule has 2 heterocycles. The first kappa shape index (κ1) is 18.0. The van der Waals surface area contributed by atoms with E-state index in [9.17, 15) is 14.0 Å². The van der Waals surface area contributed by atoms with Gasteiger partial charge in [0.25, 0.3) is 5.91 Å². The van der Waals surface area contributed by atoms with Crippen molar-refractivity contribution in [3.8, 4) is 0 Å². The van der Waals surface area contributed by atoms with Gasteiger partial charge in [0.05, 0.1) is 12.1 Å². The van der Waals surface area contributed by atoms with Crippen LogP contribution in [0.2, 0.25) is 0 Å². The molecule has 1 amide bonds. The minimum atomic E-state index is -0.975. The predicted octanol–water partition coefficient (Wildman–Crippen LogP) is 1.81. The molecule has 7 heteroatoms. The van der Waals surface area contributed by atoms with E-state index < -0.39 is 5.97 Å². The number of hydrogen-bond acceptors (Lipinski definition) is 4. The molecule has 1 aliphatic heterocycles. The summed E-state index contributed by atoms with van der Waals surface area (Å²) < 4.78 is 13.0. The van der Waals surface area contributed by atoms with E-state index in [0.717, 1.165) is 18.7 Å². The number of pyridine rings is 1. The van der Waals surface area contributed by atoms with Gasteiger partial charge in [0, 0.05) is 32.7 Å². The molecular weight excluding hydrogens is 337 g/mol. The summed E-state index contributed by atoms with van der Waals surface area (Å²) in [5, 5.41) is 8.85. The Balaban J connectivity index is 1.56. The van der Waals surface area contributed by atoms with Crippen molar-refractivity contribution in [2.45, 2.75) is 13.0 Å². The van der Waals surface area contributed by atoms with Crippen molar-refractivity contribution in [1.29, 1.82) is 0 Å². The third-order valence-corrected chi connectivity index (χ3v) is 4.34. The van der Waals surface area contributed by atoms with E-state index in [1.807, 2.05) is 0 Å². The van der Waals surface area contributed by atoms with Gasteiger partial charge in [0.15, 0.2) is 0 Å². The Bertz CT molecular complexity index is 787. The molecule has 1 aromatic carbocycles. The lowest BCUT2D eigenvalue weighted by atomic mass is 10.2. The highest BCUT2D eigenvalue weighted by Crippen LogP contribution is 2.12. The minimum absolute atomic E-state index is 0.182. The molecule has 136 valence electrons. The number of halogens is 1. The summed E-state index contributed by atoms with van der Waals surface area (Å²) >= 11 is 0. The number of carbonyl (C=O) groups excluding carboxylic acids is 1. The fraction of sp³-hybridized carbons (Fsp3) is 0.316. The molecular formula is C19H20FN3O3. The largest absolute Gasteiger partial charge is 0.481 e. The molecule has 0 saturated carbocycles. The second-order valence-corrected chi connectivity index (χ2v) is 6.28. The first-order valence-electron chi connectivity index (χ1n) is 8.45. The highest BCUT2D eigenvalue weighted by atomic mass is 19.1. The quantitative estimate of drug-likeness (QED) is 0.883. The van der Waals surface area contributed by atoms with Crippen LogP contribution in [0.4, 0.5) is 4.39 Å². The third kappa shape index (κ3) is 4.64. The van der Waals surface area contributed by atoms with Crippen LogP contribution in [0, 0.1) is 5.82 Å². The van der Waals surface area contributed by atoms with Crippen LogP contribution in [0.3, 0.4) is 0 Å². The zero-order chi connectivity index (χ0) is 18.5. The molecule has 1 N–H and O–H groups in total. The van der Waals surface area contributed by atoms with Gasteiger partial charge in [-0.05, 0) is 29.8 Å². The van der Waals surface area contributed by atoms with E-state index in [1.54, 1.807) is 35.2 Å². The molecule has 3 rings (SSSR count). The second-order valence-electron chi connectivity index (χ2n) is 6.28. The standard InChI is InChI=1S/C19H20FN3O3/c20-15-6-4-14(5-7-15)13-22-8-10-23(11-9-22)19(26)17-3-1-2-16(21-17)12-18(24)25/h1-7H,8-13H2,(H,24,25). The van der Waals surface area contributed by atoms with E-state index in [2.05, 4.69) is 9.88 Å². The Labute approximate surface area is 150 Å². The average molecular weight is 357 g/mol. The number of aromatic nitrogens is 1. The summed E-state index contributed by atoms with van der Waals surface area (Å²) in [5.74, 6) is -1.41. The molecule has 2 aromatic rings. The van der Waals surface area contributed by atoms with Crippen LogP contribution in [0.5, 0.6) is 0 Å². The van der Waals surface area contributed by atoms with Crippen molar-refractivity contribution < 1.29 is 19.1 Å². The predicted molar refractivity (Wildman–Crippen MR) is 93.2 cm³/mol. The fourth-order valence-corrected chi connectivity index (χ4v) is 2.97. The number of benzene rings is 1. The lowest BCUT2D eigenvalue weighted by molar-refractivity contribution is -0.136. The highest BCUT2D eigenvalue weighted by molar-refractivity contribution is 5.92. The number of carbonyl (C=O) groups is 2. The summed E-state index contributed by atoms with van der Waals surface area (Å²) in [6.07, 6.45) is -0.202. The van der Waals surface area contributed by atoms with Crippen molar-refractivity contribution in [3.63, 3.8) is 0 Å². The van der Waals surface area contributed by atoms with Crippen molar-refractivity contribution in [1.82, 2.24) is 14.8 Å². The first-order valence-corrected chi connectivity index (χ1v) is 8.45. The lowest BCUT2D eigenvalue weighted by Gasteiger charge is -2.34. The van der Waals surface area contributed by atoms with E-state index in [0.29, 0.717) is 25.3 Å². The molecule has 0 radical (unpaired) electrons. The van der Waals surface area contributed by atoms with E-state index in [1.165, 1.54) is 12.1 Å². The summed E-state index contributed by atoms with van der Waals surface area (Å²) in [5.41, 5.74) is 1.68. The lowest BCUT2D eigenvalue weighted by Crippen LogP contribution is -2.48. The number of amides is 1. The Hall–Kier alpha value is -2.80. The Kier molecular flexibility index (Phi) is 5.58. The monoisotopic (exact) mass is 357 g/mol. The van der Waals surface area contributed by atoms with Gasteiger partial charge in [0.1, 0.15) is 11.5 Å². The van der Waals surface area contributed by atoms with Gasteiger partial charge in [-0.15, -0.1) is 0 Å². The Morgan fingerprint density at radius 3 is 2.38 bits per heavy atom. The Morgan fingerprint density at radius 2 is 1.73 bits per heavy atom. The van der Waals surface area contributed by atoms with Crippen LogP contribution >= 0.6 is 0 Å². The van der Waals surface area contributed by atoms with Crippen molar-refractivity contribution >= 4 is 11.9 Å². The number of hydrogen-bond donors (Lipinski definition) is 1. The topological polar surface area (TPSA) is 73.7 Å². The van der Waals surface area contributed by atoms with Gasteiger partial charge in [-0.2, -0.15) is 0 Å². The number of carboxylic acid groups (broad SMARTS) is 1. The molecule has 0 bridgehead atoms. The molecule has 1 aliphatic rings. The SMILES string of the molecule is O=C(O)Cc1cccc(C(=O)N2CCN(Cc3ccc(F)cc3)CC2)n1. The maximum atomic E-state index is 13.0. The zero-order valence-corrected chi connectivity index (χ0v) is 14.3. The van der Waals surface area contributed by atoms with Crippen LogP contribution in [0.15, 0.2) is 42.5 Å². The van der Waals surface area contributed by atoms with E-state index >= 15 is 0 Å². The van der Waals surface area contributed by atoms with Gasteiger partial charge in [0.2, 0.25) is 0 Å². The highest BCUT2D eigenvalue weighted by Gasteiger charge is 2.23. The molecule has 1 saturated heterocycles. The summed E-state index contributed by atoms with van der Waals surface area (Å²) in [7, 11) is 0. The molecule has 0 unspecified atom stereocenters. The molecule has 0 spiro atoms. The second kappa shape index (κ2) is 8.05. The molecule has 0 aliphatic carbocycles. The number of nitrogens with zero attached hydrogens (tertiary/aromatic N) is 3. The zero-order valence-electron chi connectivity index (χ0n) is 14.3. The number of aliphatic carboxylic acids is 1. The number of piperazine rings is 1. The number of carboxylic acids is 1. The van der Waals surface area contributed by atoms with Gasteiger partial charge in [-0.25, -0.2) is 9.37 Å². The average Bonchev–Trinajstić information content (AvgIpc) is 2.63. The molecule has 6 nitrogen and oxygen atoms in total. The molecule has 1 aromatic heterocycles. The molecule has 0 atom stereocenters. The summed E-state index contributed by atoms with van der Waals surface area (Å²) in [6, 6.07) is 11.3. The van der Waals surface area contributed by atoms with E-state index in [-0.39, 0.29) is 23.8 Å². The molecule has 26 heavy (non-hydrogen) atoms. The summed E-state index contributed by atoms with van der Waals surface area (Å²) in [4.78, 5) is 31.5. The van der Waals surface area contributed by atoms with Crippen molar-refractivity contribution in [2.24, 2.45) is 0 Å². The van der Waals surface area contributed by atoms with E-state index in [4.69, 9.17) is 5.11 Å². The maximum absolute atomic E-state index is 13.0. The van der Waals surface area contributed by atoms with Crippen LogP contribution in [0.25, 0.3) is 0 Å². The van der Waals surface area contributed by atoms with Crippen molar-refractivity contribution in [2.75, 3.05) is 26.2 Å². The van der Waals surface area contributed by atoms with Gasteiger partial charge < -0.3 is 10.0 Å². The van der Waals surface area contributed by atoms with Gasteiger partial charge in [-0.1, -0.05) is 18.2 Å². The minimum Gasteiger partial charge on any atom is -0.481 e. The van der Waals surface area contributed by atoms with Gasteiger partial charge in [-0.3, -0.25) is 14.5 Å². The summed E-state index contributed by atoms with van der Waals surface area (Å²) in [6.45, 7) is 3.31. The normalized spacial score (nSPS) is 15.0. The van der Waals surface area contributed by atoms with Crippen LogP contribution in [-0.4, -0.2) is 57.9 Å². The third-order valence-electron chi connectivity index (χ3n) is 4.34. The smallest absolute Gasteiger partial charge is 0.309 e.